The van der Waals surface area contributed by atoms with Gasteiger partial charge in [-0.05, 0) is 36.8 Å². The van der Waals surface area contributed by atoms with Gasteiger partial charge in [-0.2, -0.15) is 5.26 Å². The molecular weight excluding hydrogens is 212 g/mol. The second-order valence-corrected chi connectivity index (χ2v) is 5.54. The molecule has 0 fully saturated rings. The molecule has 0 amide bonds. The summed E-state index contributed by atoms with van der Waals surface area (Å²) in [6.07, 6.45) is 4.44. The van der Waals surface area contributed by atoms with Gasteiger partial charge in [0.05, 0.1) is 21.6 Å². The summed E-state index contributed by atoms with van der Waals surface area (Å²) in [5, 5.41) is 8.92. The zero-order chi connectivity index (χ0) is 10.1. The fraction of sp³-hybridized carbons (Fsp3) is 0.600. The normalized spacial score (nSPS) is 32.4. The van der Waals surface area contributed by atoms with Crippen molar-refractivity contribution in [3.05, 3.63) is 11.1 Å². The summed E-state index contributed by atoms with van der Waals surface area (Å²) in [5.74, 6) is -0.109. The van der Waals surface area contributed by atoms with Crippen LogP contribution in [-0.4, -0.2) is 9.57 Å². The lowest BCUT2D eigenvalue weighted by Crippen LogP contribution is -2.34. The van der Waals surface area contributed by atoms with Gasteiger partial charge in [0.2, 0.25) is 0 Å². The molecule has 0 saturated carbocycles. The molecule has 0 aromatic carbocycles. The smallest absolute Gasteiger partial charge is 0.0927 e. The summed E-state index contributed by atoms with van der Waals surface area (Å²) in [6, 6.07) is 2.31. The second kappa shape index (κ2) is 4.01. The lowest BCUT2D eigenvalue weighted by atomic mass is 9.84. The molecule has 0 aromatic rings. The van der Waals surface area contributed by atoms with E-state index in [1.165, 1.54) is 35.7 Å². The summed E-state index contributed by atoms with van der Waals surface area (Å²) in [7, 11) is 0. The van der Waals surface area contributed by atoms with Crippen LogP contribution in [0.25, 0.3) is 0 Å². The summed E-state index contributed by atoms with van der Waals surface area (Å²) >= 11 is 6.79. The highest BCUT2D eigenvalue weighted by Crippen LogP contribution is 2.41. The van der Waals surface area contributed by atoms with Gasteiger partial charge < -0.3 is 5.73 Å². The van der Waals surface area contributed by atoms with Crippen LogP contribution in [-0.2, 0) is 0 Å². The molecule has 0 radical (unpaired) electrons. The van der Waals surface area contributed by atoms with E-state index in [1.54, 1.807) is 0 Å². The first kappa shape index (κ1) is 10.2. The Morgan fingerprint density at radius 3 is 2.86 bits per heavy atom. The lowest BCUT2D eigenvalue weighted by molar-refractivity contribution is 0.605. The van der Waals surface area contributed by atoms with E-state index >= 15 is 0 Å². The van der Waals surface area contributed by atoms with Crippen LogP contribution < -0.4 is 5.73 Å². The largest absolute Gasteiger partial charge is 0.318 e. The number of rotatable bonds is 0. The topological polar surface area (TPSA) is 49.8 Å². The highest BCUT2D eigenvalue weighted by molar-refractivity contribution is 8.24. The van der Waals surface area contributed by atoms with Gasteiger partial charge in [0.25, 0.3) is 0 Å². The Kier molecular flexibility index (Phi) is 2.91. The number of hydrogen-bond donors (Lipinski definition) is 1. The molecule has 4 heteroatoms. The number of thioether (sulfide) groups is 1. The van der Waals surface area contributed by atoms with Gasteiger partial charge in [0.15, 0.2) is 0 Å². The third-order valence-corrected chi connectivity index (χ3v) is 4.38. The molecule has 0 aromatic heterocycles. The minimum absolute atomic E-state index is 0.109. The minimum atomic E-state index is -0.149. The minimum Gasteiger partial charge on any atom is -0.318 e. The molecule has 14 heavy (non-hydrogen) atoms. The molecule has 2 N–H and O–H groups in total. The number of thiocarbonyl (C=S) groups is 1. The molecule has 2 rings (SSSR count). The predicted octanol–water partition coefficient (Wildman–Crippen LogP) is 2.36. The standard InChI is InChI=1S/C10H12N2S2/c11-5-8-6-3-1-2-4-7(6)10(13)14-9(8)12/h8-9H,1-4,12H2. The second-order valence-electron chi connectivity index (χ2n) is 3.69. The molecule has 1 aliphatic carbocycles. The highest BCUT2D eigenvalue weighted by Gasteiger charge is 2.33. The van der Waals surface area contributed by atoms with Crippen LogP contribution in [0.1, 0.15) is 25.7 Å². The average Bonchev–Trinajstić information content (AvgIpc) is 2.18. The van der Waals surface area contributed by atoms with Gasteiger partial charge in [0.1, 0.15) is 0 Å². The monoisotopic (exact) mass is 224 g/mol. The van der Waals surface area contributed by atoms with E-state index in [1.807, 2.05) is 0 Å². The van der Waals surface area contributed by atoms with Crippen LogP contribution in [0.2, 0.25) is 0 Å². The Labute approximate surface area is 93.5 Å². The molecule has 74 valence electrons. The van der Waals surface area contributed by atoms with Gasteiger partial charge in [-0.3, -0.25) is 0 Å². The third-order valence-electron chi connectivity index (χ3n) is 2.84. The summed E-state index contributed by atoms with van der Waals surface area (Å²) in [6.45, 7) is 0. The quantitative estimate of drug-likeness (QED) is 0.642. The van der Waals surface area contributed by atoms with Crippen molar-refractivity contribution in [3.63, 3.8) is 0 Å². The van der Waals surface area contributed by atoms with E-state index < -0.39 is 0 Å². The zero-order valence-electron chi connectivity index (χ0n) is 7.82. The van der Waals surface area contributed by atoms with E-state index in [9.17, 15) is 0 Å². The van der Waals surface area contributed by atoms with Gasteiger partial charge >= 0.3 is 0 Å². The van der Waals surface area contributed by atoms with E-state index in [-0.39, 0.29) is 11.3 Å². The molecule has 0 bridgehead atoms. The summed E-state index contributed by atoms with van der Waals surface area (Å²) < 4.78 is 0.929. The van der Waals surface area contributed by atoms with E-state index in [2.05, 4.69) is 6.07 Å². The van der Waals surface area contributed by atoms with Crippen molar-refractivity contribution in [2.45, 2.75) is 31.1 Å². The van der Waals surface area contributed by atoms with Gasteiger partial charge in [-0.15, -0.1) is 0 Å². The van der Waals surface area contributed by atoms with Crippen molar-refractivity contribution < 1.29 is 0 Å². The van der Waals surface area contributed by atoms with Gasteiger partial charge in [-0.1, -0.05) is 24.0 Å². The maximum absolute atomic E-state index is 9.07. The van der Waals surface area contributed by atoms with Crippen molar-refractivity contribution >= 4 is 28.2 Å². The Hall–Kier alpha value is -0.370. The molecule has 2 aliphatic rings. The highest BCUT2D eigenvalue weighted by atomic mass is 32.2. The maximum Gasteiger partial charge on any atom is 0.0927 e. The van der Waals surface area contributed by atoms with Crippen molar-refractivity contribution in [3.8, 4) is 6.07 Å². The van der Waals surface area contributed by atoms with Crippen LogP contribution in [0.4, 0.5) is 0 Å². The van der Waals surface area contributed by atoms with E-state index in [4.69, 9.17) is 23.2 Å². The van der Waals surface area contributed by atoms with Gasteiger partial charge in [0, 0.05) is 0 Å². The van der Waals surface area contributed by atoms with Crippen LogP contribution in [0.3, 0.4) is 0 Å². The molecule has 1 aliphatic heterocycles. The van der Waals surface area contributed by atoms with Crippen molar-refractivity contribution in [1.29, 1.82) is 5.26 Å². The molecule has 0 spiro atoms. The molecule has 1 heterocycles. The molecule has 2 nitrogen and oxygen atoms in total. The van der Waals surface area contributed by atoms with Crippen LogP contribution in [0.15, 0.2) is 11.1 Å². The first-order valence-corrected chi connectivity index (χ1v) is 6.11. The number of hydrogen-bond acceptors (Lipinski definition) is 4. The Balaban J connectivity index is 2.40. The van der Waals surface area contributed by atoms with Crippen LogP contribution in [0, 0.1) is 17.2 Å². The molecule has 0 saturated heterocycles. The fourth-order valence-electron chi connectivity index (χ4n) is 2.12. The zero-order valence-corrected chi connectivity index (χ0v) is 9.46. The Bertz CT molecular complexity index is 341. The van der Waals surface area contributed by atoms with E-state index in [0.29, 0.717) is 0 Å². The Morgan fingerprint density at radius 2 is 2.14 bits per heavy atom. The lowest BCUT2D eigenvalue weighted by Gasteiger charge is -2.32. The number of nitrogens with two attached hydrogens (primary N) is 1. The van der Waals surface area contributed by atoms with Crippen LogP contribution in [0.5, 0.6) is 0 Å². The average molecular weight is 224 g/mol. The SMILES string of the molecule is N#CC1C2=C(CCCC2)C(=S)SC1N. The molecular formula is C10H12N2S2. The van der Waals surface area contributed by atoms with Crippen molar-refractivity contribution in [2.75, 3.05) is 0 Å². The molecule has 2 atom stereocenters. The number of nitriles is 1. The number of nitrogens with zero attached hydrogens (tertiary/aromatic N) is 1. The predicted molar refractivity (Wildman–Crippen MR) is 62.8 cm³/mol. The van der Waals surface area contributed by atoms with Gasteiger partial charge in [-0.25, -0.2) is 0 Å². The Morgan fingerprint density at radius 1 is 1.43 bits per heavy atom. The van der Waals surface area contributed by atoms with E-state index in [0.717, 1.165) is 17.0 Å². The van der Waals surface area contributed by atoms with Crippen molar-refractivity contribution in [2.24, 2.45) is 11.7 Å². The first-order chi connectivity index (χ1) is 6.74. The molecule has 2 unspecified atom stereocenters. The third kappa shape index (κ3) is 1.60. The maximum atomic E-state index is 9.07. The van der Waals surface area contributed by atoms with Crippen LogP contribution >= 0.6 is 24.0 Å². The van der Waals surface area contributed by atoms with Crippen molar-refractivity contribution in [1.82, 2.24) is 0 Å². The fourth-order valence-corrected chi connectivity index (χ4v) is 3.67. The first-order valence-electron chi connectivity index (χ1n) is 4.82. The summed E-state index contributed by atoms with van der Waals surface area (Å²) in [5.41, 5.74) is 8.39. The summed E-state index contributed by atoms with van der Waals surface area (Å²) in [4.78, 5) is 0.